The highest BCUT2D eigenvalue weighted by atomic mass is 79.9. The molecule has 19 heavy (non-hydrogen) atoms. The normalized spacial score (nSPS) is 13.8. The number of benzene rings is 1. The summed E-state index contributed by atoms with van der Waals surface area (Å²) in [5.41, 5.74) is 5.61. The summed E-state index contributed by atoms with van der Waals surface area (Å²) in [6.07, 6.45) is 0.695. The van der Waals surface area contributed by atoms with Crippen molar-refractivity contribution in [3.63, 3.8) is 0 Å². The van der Waals surface area contributed by atoms with Crippen LogP contribution in [0.15, 0.2) is 27.6 Å². The Hall–Kier alpha value is -0.140. The van der Waals surface area contributed by atoms with Gasteiger partial charge in [-0.05, 0) is 46.5 Å². The molecule has 0 saturated heterocycles. The standard InChI is InChI=1S/C12H18BrClN2O2S/c1-8(2)5-10(7-15)16-19(17,18)12-4-3-9(14)6-11(12)13/h3-4,6,8,10,16H,5,7,15H2,1-2H3. The fraction of sp³-hybridized carbons (Fsp3) is 0.500. The lowest BCUT2D eigenvalue weighted by molar-refractivity contribution is 0.465. The van der Waals surface area contributed by atoms with Crippen LogP contribution < -0.4 is 10.5 Å². The minimum atomic E-state index is -3.60. The first kappa shape index (κ1) is 16.9. The largest absolute Gasteiger partial charge is 0.329 e. The average Bonchev–Trinajstić information content (AvgIpc) is 2.26. The summed E-state index contributed by atoms with van der Waals surface area (Å²) in [7, 11) is -3.60. The van der Waals surface area contributed by atoms with Crippen LogP contribution in [-0.2, 0) is 10.0 Å². The molecule has 0 aromatic heterocycles. The maximum Gasteiger partial charge on any atom is 0.241 e. The molecule has 7 heteroatoms. The second-order valence-corrected chi connectivity index (χ2v) is 7.73. The van der Waals surface area contributed by atoms with Crippen LogP contribution in [0, 0.1) is 5.92 Å². The van der Waals surface area contributed by atoms with Gasteiger partial charge in [0.15, 0.2) is 0 Å². The van der Waals surface area contributed by atoms with Crippen LogP contribution in [0.2, 0.25) is 5.02 Å². The number of hydrogen-bond donors (Lipinski definition) is 2. The third-order valence-corrected chi connectivity index (χ3v) is 5.28. The van der Waals surface area contributed by atoms with Crippen LogP contribution in [0.25, 0.3) is 0 Å². The molecule has 108 valence electrons. The summed E-state index contributed by atoms with van der Waals surface area (Å²) in [6.45, 7) is 4.31. The fourth-order valence-corrected chi connectivity index (χ4v) is 4.38. The summed E-state index contributed by atoms with van der Waals surface area (Å²) >= 11 is 9.01. The Morgan fingerprint density at radius 3 is 2.53 bits per heavy atom. The van der Waals surface area contributed by atoms with Crippen molar-refractivity contribution in [1.82, 2.24) is 4.72 Å². The predicted octanol–water partition coefficient (Wildman–Crippen LogP) is 2.75. The summed E-state index contributed by atoms with van der Waals surface area (Å²) in [4.78, 5) is 0.166. The molecular weight excluding hydrogens is 352 g/mol. The summed E-state index contributed by atoms with van der Waals surface area (Å²) in [6, 6.07) is 4.29. The third kappa shape index (κ3) is 5.04. The smallest absolute Gasteiger partial charge is 0.241 e. The van der Waals surface area contributed by atoms with Crippen molar-refractivity contribution in [1.29, 1.82) is 0 Å². The van der Waals surface area contributed by atoms with Crippen molar-refractivity contribution in [2.45, 2.75) is 31.2 Å². The highest BCUT2D eigenvalue weighted by Crippen LogP contribution is 2.25. The van der Waals surface area contributed by atoms with Gasteiger partial charge in [-0.2, -0.15) is 0 Å². The lowest BCUT2D eigenvalue weighted by Crippen LogP contribution is -2.41. The molecule has 0 spiro atoms. The molecule has 0 aliphatic heterocycles. The summed E-state index contributed by atoms with van der Waals surface area (Å²) in [5, 5.41) is 0.475. The van der Waals surface area contributed by atoms with E-state index in [2.05, 4.69) is 20.7 Å². The number of sulfonamides is 1. The van der Waals surface area contributed by atoms with E-state index >= 15 is 0 Å². The first-order valence-corrected chi connectivity index (χ1v) is 8.59. The van der Waals surface area contributed by atoms with Gasteiger partial charge < -0.3 is 5.73 Å². The predicted molar refractivity (Wildman–Crippen MR) is 81.8 cm³/mol. The van der Waals surface area contributed by atoms with Crippen LogP contribution in [0.3, 0.4) is 0 Å². The van der Waals surface area contributed by atoms with Crippen LogP contribution in [0.1, 0.15) is 20.3 Å². The minimum absolute atomic E-state index is 0.166. The lowest BCUT2D eigenvalue weighted by atomic mass is 10.1. The molecule has 1 unspecified atom stereocenters. The van der Waals surface area contributed by atoms with E-state index in [0.29, 0.717) is 21.8 Å². The van der Waals surface area contributed by atoms with Gasteiger partial charge in [0, 0.05) is 22.1 Å². The molecule has 0 aliphatic carbocycles. The molecular formula is C12H18BrClN2O2S. The van der Waals surface area contributed by atoms with Crippen molar-refractivity contribution in [3.05, 3.63) is 27.7 Å². The van der Waals surface area contributed by atoms with Crippen LogP contribution in [0.5, 0.6) is 0 Å². The van der Waals surface area contributed by atoms with Crippen molar-refractivity contribution in [2.24, 2.45) is 11.7 Å². The second-order valence-electron chi connectivity index (χ2n) is 4.76. The molecule has 0 heterocycles. The van der Waals surface area contributed by atoms with E-state index in [1.807, 2.05) is 13.8 Å². The minimum Gasteiger partial charge on any atom is -0.329 e. The molecule has 4 nitrogen and oxygen atoms in total. The molecule has 0 radical (unpaired) electrons. The Kier molecular flexibility index (Phi) is 6.26. The van der Waals surface area contributed by atoms with Gasteiger partial charge in [0.1, 0.15) is 0 Å². The summed E-state index contributed by atoms with van der Waals surface area (Å²) < 4.78 is 27.6. The maximum atomic E-state index is 12.3. The van der Waals surface area contributed by atoms with Crippen molar-refractivity contribution < 1.29 is 8.42 Å². The number of nitrogens with one attached hydrogen (secondary N) is 1. The van der Waals surface area contributed by atoms with E-state index in [-0.39, 0.29) is 17.5 Å². The molecule has 0 bridgehead atoms. The maximum absolute atomic E-state index is 12.3. The highest BCUT2D eigenvalue weighted by molar-refractivity contribution is 9.10. The van der Waals surface area contributed by atoms with Crippen molar-refractivity contribution >= 4 is 37.6 Å². The van der Waals surface area contributed by atoms with E-state index in [4.69, 9.17) is 17.3 Å². The van der Waals surface area contributed by atoms with Gasteiger partial charge in [0.25, 0.3) is 0 Å². The molecule has 0 aliphatic rings. The Bertz CT molecular complexity index is 535. The zero-order valence-electron chi connectivity index (χ0n) is 10.9. The lowest BCUT2D eigenvalue weighted by Gasteiger charge is -2.19. The number of nitrogens with two attached hydrogens (primary N) is 1. The van der Waals surface area contributed by atoms with Gasteiger partial charge in [0.2, 0.25) is 10.0 Å². The van der Waals surface area contributed by atoms with Gasteiger partial charge in [-0.3, -0.25) is 0 Å². The van der Waals surface area contributed by atoms with Crippen molar-refractivity contribution in [2.75, 3.05) is 6.54 Å². The number of halogens is 2. The molecule has 0 amide bonds. The van der Waals surface area contributed by atoms with E-state index in [1.165, 1.54) is 6.07 Å². The van der Waals surface area contributed by atoms with Gasteiger partial charge >= 0.3 is 0 Å². The Morgan fingerprint density at radius 2 is 2.05 bits per heavy atom. The van der Waals surface area contributed by atoms with Gasteiger partial charge in [-0.15, -0.1) is 0 Å². The highest BCUT2D eigenvalue weighted by Gasteiger charge is 2.22. The van der Waals surface area contributed by atoms with Crippen LogP contribution in [-0.4, -0.2) is 21.0 Å². The monoisotopic (exact) mass is 368 g/mol. The Labute approximate surface area is 127 Å². The van der Waals surface area contributed by atoms with Crippen LogP contribution in [0.4, 0.5) is 0 Å². The molecule has 0 fully saturated rings. The second kappa shape index (κ2) is 7.04. The molecule has 1 aromatic carbocycles. The van der Waals surface area contributed by atoms with E-state index < -0.39 is 10.0 Å². The van der Waals surface area contributed by atoms with Gasteiger partial charge in [-0.25, -0.2) is 13.1 Å². The zero-order chi connectivity index (χ0) is 14.6. The Balaban J connectivity index is 2.97. The quantitative estimate of drug-likeness (QED) is 0.810. The molecule has 1 rings (SSSR count). The molecule has 1 aromatic rings. The van der Waals surface area contributed by atoms with Crippen LogP contribution >= 0.6 is 27.5 Å². The average molecular weight is 370 g/mol. The first-order valence-electron chi connectivity index (χ1n) is 5.93. The van der Waals surface area contributed by atoms with E-state index in [1.54, 1.807) is 12.1 Å². The van der Waals surface area contributed by atoms with Gasteiger partial charge in [-0.1, -0.05) is 25.4 Å². The zero-order valence-corrected chi connectivity index (χ0v) is 14.0. The number of rotatable bonds is 6. The van der Waals surface area contributed by atoms with E-state index in [0.717, 1.165) is 0 Å². The van der Waals surface area contributed by atoms with E-state index in [9.17, 15) is 8.42 Å². The molecule has 1 atom stereocenters. The Morgan fingerprint density at radius 1 is 1.42 bits per heavy atom. The molecule has 0 saturated carbocycles. The summed E-state index contributed by atoms with van der Waals surface area (Å²) in [5.74, 6) is 0.366. The fourth-order valence-electron chi connectivity index (χ4n) is 1.74. The first-order chi connectivity index (χ1) is 8.76. The van der Waals surface area contributed by atoms with Gasteiger partial charge in [0.05, 0.1) is 4.90 Å². The topological polar surface area (TPSA) is 72.2 Å². The SMILES string of the molecule is CC(C)CC(CN)NS(=O)(=O)c1ccc(Cl)cc1Br. The third-order valence-electron chi connectivity index (χ3n) is 2.55. The van der Waals surface area contributed by atoms with Crippen molar-refractivity contribution in [3.8, 4) is 0 Å². The number of hydrogen-bond acceptors (Lipinski definition) is 3. The molecule has 3 N–H and O–H groups in total.